The van der Waals surface area contributed by atoms with Crippen LogP contribution in [-0.2, 0) is 6.18 Å². The van der Waals surface area contributed by atoms with Crippen LogP contribution in [0.1, 0.15) is 15.9 Å². The number of anilines is 1. The van der Waals surface area contributed by atoms with Crippen molar-refractivity contribution < 1.29 is 18.0 Å². The molecule has 4 N–H and O–H groups in total. The van der Waals surface area contributed by atoms with E-state index in [-0.39, 0.29) is 34.3 Å². The van der Waals surface area contributed by atoms with E-state index in [1.165, 1.54) is 18.3 Å². The number of para-hydroxylation sites is 1. The Kier molecular flexibility index (Phi) is 5.40. The van der Waals surface area contributed by atoms with Crippen LogP contribution in [0.3, 0.4) is 0 Å². The maximum Gasteiger partial charge on any atom is 0.418 e. The van der Waals surface area contributed by atoms with Crippen LogP contribution in [0.5, 0.6) is 0 Å². The molecule has 0 radical (unpaired) electrons. The Balaban J connectivity index is 1.47. The lowest BCUT2D eigenvalue weighted by Gasteiger charge is -2.27. The van der Waals surface area contributed by atoms with Crippen LogP contribution in [0.2, 0.25) is 0 Å². The number of carbonyl (C=O) groups excluding carboxylic acids is 1. The highest BCUT2D eigenvalue weighted by atomic mass is 19.4. The Morgan fingerprint density at radius 2 is 1.76 bits per heavy atom. The number of fused-ring (bicyclic) bond motifs is 1. The average molecular weight is 467 g/mol. The first kappa shape index (κ1) is 21.8. The van der Waals surface area contributed by atoms with Crippen molar-refractivity contribution in [1.29, 1.82) is 0 Å². The lowest BCUT2D eigenvalue weighted by molar-refractivity contribution is -0.136. The first-order chi connectivity index (χ1) is 16.3. The van der Waals surface area contributed by atoms with E-state index in [1.54, 1.807) is 29.2 Å². The summed E-state index contributed by atoms with van der Waals surface area (Å²) in [6, 6.07) is 10.7. The molecule has 0 saturated carbocycles. The lowest BCUT2D eigenvalue weighted by atomic mass is 10.1. The van der Waals surface area contributed by atoms with E-state index in [4.69, 9.17) is 5.73 Å². The second-order valence-electron chi connectivity index (χ2n) is 7.89. The molecule has 2 aromatic carbocycles. The van der Waals surface area contributed by atoms with Gasteiger partial charge in [-0.2, -0.15) is 13.2 Å². The Labute approximate surface area is 192 Å². The van der Waals surface area contributed by atoms with Crippen LogP contribution in [0, 0.1) is 0 Å². The van der Waals surface area contributed by atoms with E-state index in [9.17, 15) is 18.0 Å². The lowest BCUT2D eigenvalue weighted by Crippen LogP contribution is -2.46. The molecule has 0 aliphatic carbocycles. The van der Waals surface area contributed by atoms with Crippen molar-refractivity contribution in [3.05, 3.63) is 59.8 Å². The SMILES string of the molecule is Nc1ncc(-c2ccc(C(=O)N3CCNCC3)cc2)nc1-c1nc2c(C(F)(F)F)cccc2[nH]1. The normalized spacial score (nSPS) is 14.5. The van der Waals surface area contributed by atoms with Gasteiger partial charge in [0.2, 0.25) is 0 Å². The number of imidazole rings is 1. The van der Waals surface area contributed by atoms with E-state index < -0.39 is 11.7 Å². The molecule has 4 aromatic rings. The fraction of sp³-hybridized carbons (Fsp3) is 0.217. The molecule has 8 nitrogen and oxygen atoms in total. The quantitative estimate of drug-likeness (QED) is 0.426. The summed E-state index contributed by atoms with van der Waals surface area (Å²) in [5.41, 5.74) is 6.96. The van der Waals surface area contributed by atoms with E-state index in [0.717, 1.165) is 19.2 Å². The number of nitrogens with zero attached hydrogens (tertiary/aromatic N) is 4. The summed E-state index contributed by atoms with van der Waals surface area (Å²) >= 11 is 0. The van der Waals surface area contributed by atoms with Crippen LogP contribution < -0.4 is 11.1 Å². The van der Waals surface area contributed by atoms with Crippen LogP contribution in [0.4, 0.5) is 19.0 Å². The number of rotatable bonds is 3. The smallest absolute Gasteiger partial charge is 0.382 e. The number of halogens is 3. The Hall–Kier alpha value is -3.99. The third-order valence-electron chi connectivity index (χ3n) is 5.68. The third kappa shape index (κ3) is 4.05. The van der Waals surface area contributed by atoms with Gasteiger partial charge in [0.15, 0.2) is 11.6 Å². The number of nitrogens with one attached hydrogen (secondary N) is 2. The van der Waals surface area contributed by atoms with Crippen molar-refractivity contribution in [2.75, 3.05) is 31.9 Å². The molecule has 0 bridgehead atoms. The molecular weight excluding hydrogens is 447 g/mol. The third-order valence-corrected chi connectivity index (χ3v) is 5.68. The van der Waals surface area contributed by atoms with Gasteiger partial charge < -0.3 is 20.9 Å². The molecule has 174 valence electrons. The number of H-pyrrole nitrogens is 1. The summed E-state index contributed by atoms with van der Waals surface area (Å²) in [6.07, 6.45) is -3.08. The standard InChI is InChI=1S/C23H20F3N7O/c24-23(25,26)15-2-1-3-16-18(15)32-21(31-16)19-20(27)29-12-17(30-19)13-4-6-14(7-5-13)22(34)33-10-8-28-9-11-33/h1-7,12,28H,8-11H2,(H2,27,29)(H,31,32). The predicted molar refractivity (Wildman–Crippen MR) is 121 cm³/mol. The van der Waals surface area contributed by atoms with Gasteiger partial charge in [0.25, 0.3) is 5.91 Å². The summed E-state index contributed by atoms with van der Waals surface area (Å²) in [6.45, 7) is 2.83. The highest BCUT2D eigenvalue weighted by molar-refractivity contribution is 5.94. The molecule has 0 atom stereocenters. The molecule has 34 heavy (non-hydrogen) atoms. The Morgan fingerprint density at radius 1 is 1.03 bits per heavy atom. The van der Waals surface area contributed by atoms with Gasteiger partial charge in [-0.05, 0) is 24.3 Å². The first-order valence-corrected chi connectivity index (χ1v) is 10.6. The van der Waals surface area contributed by atoms with E-state index in [0.29, 0.717) is 29.9 Å². The zero-order valence-electron chi connectivity index (χ0n) is 17.9. The average Bonchev–Trinajstić information content (AvgIpc) is 3.28. The van der Waals surface area contributed by atoms with Gasteiger partial charge in [-0.3, -0.25) is 4.79 Å². The van der Waals surface area contributed by atoms with E-state index >= 15 is 0 Å². The van der Waals surface area contributed by atoms with Crippen molar-refractivity contribution in [2.24, 2.45) is 0 Å². The Bertz CT molecular complexity index is 1360. The molecule has 1 saturated heterocycles. The van der Waals surface area contributed by atoms with Crippen molar-refractivity contribution >= 4 is 22.8 Å². The molecule has 1 aliphatic heterocycles. The highest BCUT2D eigenvalue weighted by Gasteiger charge is 2.34. The molecule has 0 spiro atoms. The monoisotopic (exact) mass is 467 g/mol. The highest BCUT2D eigenvalue weighted by Crippen LogP contribution is 2.35. The zero-order valence-corrected chi connectivity index (χ0v) is 17.9. The fourth-order valence-electron chi connectivity index (χ4n) is 3.92. The van der Waals surface area contributed by atoms with Gasteiger partial charge in [0, 0.05) is 37.3 Å². The molecule has 3 heterocycles. The second kappa shape index (κ2) is 8.41. The number of amides is 1. The fourth-order valence-corrected chi connectivity index (χ4v) is 3.92. The summed E-state index contributed by atoms with van der Waals surface area (Å²) in [7, 11) is 0. The van der Waals surface area contributed by atoms with Gasteiger partial charge in [-0.1, -0.05) is 18.2 Å². The van der Waals surface area contributed by atoms with Crippen molar-refractivity contribution in [2.45, 2.75) is 6.18 Å². The summed E-state index contributed by atoms with van der Waals surface area (Å²) in [4.78, 5) is 30.1. The minimum Gasteiger partial charge on any atom is -0.382 e. The molecule has 1 amide bonds. The molecule has 2 aromatic heterocycles. The number of aromatic amines is 1. The van der Waals surface area contributed by atoms with Gasteiger partial charge in [-0.25, -0.2) is 15.0 Å². The van der Waals surface area contributed by atoms with E-state index in [1.807, 2.05) is 0 Å². The van der Waals surface area contributed by atoms with Gasteiger partial charge in [0.1, 0.15) is 11.2 Å². The number of benzene rings is 2. The van der Waals surface area contributed by atoms with Crippen molar-refractivity contribution in [1.82, 2.24) is 30.2 Å². The molecule has 1 aliphatic rings. The number of hydrogen-bond acceptors (Lipinski definition) is 6. The summed E-state index contributed by atoms with van der Waals surface area (Å²) < 4.78 is 40.1. The summed E-state index contributed by atoms with van der Waals surface area (Å²) in [5.74, 6) is 0.0748. The topological polar surface area (TPSA) is 113 Å². The maximum atomic E-state index is 13.4. The van der Waals surface area contributed by atoms with Crippen LogP contribution in [0.25, 0.3) is 33.8 Å². The molecule has 1 fully saturated rings. The number of aromatic nitrogens is 4. The zero-order chi connectivity index (χ0) is 23.9. The number of nitrogen functional groups attached to an aromatic ring is 1. The molecule has 11 heteroatoms. The largest absolute Gasteiger partial charge is 0.418 e. The number of alkyl halides is 3. The number of nitrogens with two attached hydrogens (primary N) is 1. The number of piperazine rings is 1. The second-order valence-corrected chi connectivity index (χ2v) is 7.89. The minimum atomic E-state index is -4.55. The Morgan fingerprint density at radius 3 is 2.47 bits per heavy atom. The molecular formula is C23H20F3N7O. The van der Waals surface area contributed by atoms with E-state index in [2.05, 4.69) is 25.3 Å². The summed E-state index contributed by atoms with van der Waals surface area (Å²) in [5, 5.41) is 3.21. The van der Waals surface area contributed by atoms with Gasteiger partial charge in [0.05, 0.1) is 23.0 Å². The molecule has 0 unspecified atom stereocenters. The first-order valence-electron chi connectivity index (χ1n) is 10.6. The maximum absolute atomic E-state index is 13.4. The van der Waals surface area contributed by atoms with Crippen LogP contribution in [-0.4, -0.2) is 56.9 Å². The van der Waals surface area contributed by atoms with Gasteiger partial charge in [-0.15, -0.1) is 0 Å². The van der Waals surface area contributed by atoms with Gasteiger partial charge >= 0.3 is 6.18 Å². The number of hydrogen-bond donors (Lipinski definition) is 3. The van der Waals surface area contributed by atoms with Crippen molar-refractivity contribution in [3.8, 4) is 22.8 Å². The molecule has 5 rings (SSSR count). The predicted octanol–water partition coefficient (Wildman–Crippen LogP) is 3.33. The minimum absolute atomic E-state index is 0.0295. The number of carbonyl (C=O) groups is 1. The van der Waals surface area contributed by atoms with Crippen molar-refractivity contribution in [3.63, 3.8) is 0 Å². The van der Waals surface area contributed by atoms with Crippen LogP contribution in [0.15, 0.2) is 48.7 Å². The van der Waals surface area contributed by atoms with Crippen LogP contribution >= 0.6 is 0 Å².